The monoisotopic (exact) mass is 591 g/mol. The fourth-order valence-corrected chi connectivity index (χ4v) is 5.59. The van der Waals surface area contributed by atoms with Gasteiger partial charge in [-0.3, -0.25) is 13.9 Å². The summed E-state index contributed by atoms with van der Waals surface area (Å²) in [6.45, 7) is -0.694. The van der Waals surface area contributed by atoms with E-state index in [0.717, 1.165) is 16.1 Å². The Morgan fingerprint density at radius 1 is 0.974 bits per heavy atom. The summed E-state index contributed by atoms with van der Waals surface area (Å²) in [4.78, 5) is 28.5. The lowest BCUT2D eigenvalue weighted by Gasteiger charge is -2.33. The van der Waals surface area contributed by atoms with Crippen LogP contribution in [0.1, 0.15) is 11.1 Å². The number of hydrogen-bond acceptors (Lipinski definition) is 6. The predicted octanol–water partition coefficient (Wildman–Crippen LogP) is 3.87. The van der Waals surface area contributed by atoms with Crippen molar-refractivity contribution >= 4 is 50.7 Å². The summed E-state index contributed by atoms with van der Waals surface area (Å²) in [5, 5.41) is 3.24. The van der Waals surface area contributed by atoms with Crippen LogP contribution in [-0.2, 0) is 32.6 Å². The van der Waals surface area contributed by atoms with Crippen molar-refractivity contribution in [2.24, 2.45) is 0 Å². The van der Waals surface area contributed by atoms with Crippen molar-refractivity contribution < 1.29 is 27.5 Å². The molecule has 12 heteroatoms. The molecular formula is C27H27Cl2N3O6S. The van der Waals surface area contributed by atoms with Gasteiger partial charge < -0.3 is 19.7 Å². The number of anilines is 1. The molecule has 1 atom stereocenters. The van der Waals surface area contributed by atoms with Gasteiger partial charge in [0.15, 0.2) is 11.5 Å². The predicted molar refractivity (Wildman–Crippen MR) is 150 cm³/mol. The molecule has 4 rings (SSSR count). The second-order valence-electron chi connectivity index (χ2n) is 8.85. The third-order valence-electron chi connectivity index (χ3n) is 6.23. The van der Waals surface area contributed by atoms with Gasteiger partial charge in [-0.15, -0.1) is 0 Å². The van der Waals surface area contributed by atoms with Gasteiger partial charge in [0, 0.05) is 41.7 Å². The molecule has 0 saturated heterocycles. The van der Waals surface area contributed by atoms with Crippen LogP contribution in [0.3, 0.4) is 0 Å². The molecule has 0 saturated carbocycles. The SMILES string of the molecule is CNC(=O)C(Cc1ccccc1)N(Cc1c(Cl)cccc1Cl)C(=O)CN(c1ccc2c(c1)OCO2)S(C)(=O)=O. The van der Waals surface area contributed by atoms with Crippen LogP contribution in [0, 0.1) is 0 Å². The number of nitrogens with zero attached hydrogens (tertiary/aromatic N) is 2. The third-order valence-corrected chi connectivity index (χ3v) is 8.08. The van der Waals surface area contributed by atoms with Crippen molar-refractivity contribution in [2.75, 3.05) is 30.9 Å². The van der Waals surface area contributed by atoms with Gasteiger partial charge in [0.25, 0.3) is 0 Å². The fourth-order valence-electron chi connectivity index (χ4n) is 4.23. The minimum absolute atomic E-state index is 0.0102. The van der Waals surface area contributed by atoms with Crippen LogP contribution in [0.25, 0.3) is 0 Å². The van der Waals surface area contributed by atoms with Crippen LogP contribution in [0.15, 0.2) is 66.7 Å². The van der Waals surface area contributed by atoms with E-state index in [-0.39, 0.29) is 25.4 Å². The van der Waals surface area contributed by atoms with Crippen LogP contribution in [0.5, 0.6) is 11.5 Å². The first-order valence-corrected chi connectivity index (χ1v) is 14.5. The number of carbonyl (C=O) groups excluding carboxylic acids is 2. The van der Waals surface area contributed by atoms with E-state index in [1.165, 1.54) is 24.1 Å². The van der Waals surface area contributed by atoms with E-state index in [1.54, 1.807) is 24.3 Å². The molecule has 1 unspecified atom stereocenters. The lowest BCUT2D eigenvalue weighted by molar-refractivity contribution is -0.139. The number of likely N-dealkylation sites (N-methyl/N-ethyl adjacent to an activating group) is 1. The Balaban J connectivity index is 1.74. The molecule has 0 radical (unpaired) electrons. The fraction of sp³-hybridized carbons (Fsp3) is 0.259. The van der Waals surface area contributed by atoms with Crippen LogP contribution in [0.2, 0.25) is 10.0 Å². The zero-order valence-corrected chi connectivity index (χ0v) is 23.6. The molecule has 1 aliphatic heterocycles. The second-order valence-corrected chi connectivity index (χ2v) is 11.6. The van der Waals surface area contributed by atoms with E-state index < -0.39 is 34.4 Å². The molecule has 0 spiro atoms. The number of sulfonamides is 1. The Labute approximate surface area is 237 Å². The molecule has 1 heterocycles. The van der Waals surface area contributed by atoms with Gasteiger partial charge >= 0.3 is 0 Å². The highest BCUT2D eigenvalue weighted by Gasteiger charge is 2.33. The average molecular weight is 593 g/mol. The summed E-state index contributed by atoms with van der Waals surface area (Å²) in [7, 11) is -2.45. The summed E-state index contributed by atoms with van der Waals surface area (Å²) < 4.78 is 37.4. The van der Waals surface area contributed by atoms with Gasteiger partial charge in [0.1, 0.15) is 12.6 Å². The molecule has 1 aliphatic rings. The van der Waals surface area contributed by atoms with Gasteiger partial charge in [-0.25, -0.2) is 8.42 Å². The largest absolute Gasteiger partial charge is 0.454 e. The van der Waals surface area contributed by atoms with E-state index in [0.29, 0.717) is 27.1 Å². The number of halogens is 2. The second kappa shape index (κ2) is 12.1. The van der Waals surface area contributed by atoms with Crippen molar-refractivity contribution in [3.05, 3.63) is 87.9 Å². The van der Waals surface area contributed by atoms with Crippen LogP contribution in [-0.4, -0.2) is 57.8 Å². The number of nitrogens with one attached hydrogen (secondary N) is 1. The molecule has 0 bridgehead atoms. The van der Waals surface area contributed by atoms with Crippen molar-refractivity contribution in [2.45, 2.75) is 19.0 Å². The highest BCUT2D eigenvalue weighted by atomic mass is 35.5. The minimum atomic E-state index is -3.93. The molecule has 0 fully saturated rings. The highest BCUT2D eigenvalue weighted by molar-refractivity contribution is 7.92. The summed E-state index contributed by atoms with van der Waals surface area (Å²) in [5.74, 6) is -0.223. The van der Waals surface area contributed by atoms with Crippen molar-refractivity contribution in [1.82, 2.24) is 10.2 Å². The molecule has 3 aromatic rings. The van der Waals surface area contributed by atoms with Crippen molar-refractivity contribution in [3.63, 3.8) is 0 Å². The summed E-state index contributed by atoms with van der Waals surface area (Å²) >= 11 is 12.9. The molecule has 1 N–H and O–H groups in total. The first kappa shape index (κ1) is 28.5. The molecular weight excluding hydrogens is 565 g/mol. The zero-order chi connectivity index (χ0) is 28.2. The average Bonchev–Trinajstić information content (AvgIpc) is 3.38. The quantitative estimate of drug-likeness (QED) is 0.383. The van der Waals surface area contributed by atoms with E-state index >= 15 is 0 Å². The maximum absolute atomic E-state index is 14.0. The maximum atomic E-state index is 14.0. The number of benzene rings is 3. The summed E-state index contributed by atoms with van der Waals surface area (Å²) in [6, 6.07) is 17.7. The normalized spacial score (nSPS) is 13.0. The molecule has 0 aliphatic carbocycles. The molecule has 9 nitrogen and oxygen atoms in total. The first-order chi connectivity index (χ1) is 18.6. The van der Waals surface area contributed by atoms with Crippen LogP contribution >= 0.6 is 23.2 Å². The number of amides is 2. The first-order valence-electron chi connectivity index (χ1n) is 11.9. The summed E-state index contributed by atoms with van der Waals surface area (Å²) in [6.07, 6.45) is 1.18. The van der Waals surface area contributed by atoms with Crippen molar-refractivity contribution in [3.8, 4) is 11.5 Å². The Morgan fingerprint density at radius 2 is 1.64 bits per heavy atom. The topological polar surface area (TPSA) is 105 Å². The molecule has 39 heavy (non-hydrogen) atoms. The molecule has 206 valence electrons. The zero-order valence-electron chi connectivity index (χ0n) is 21.3. The van der Waals surface area contributed by atoms with Gasteiger partial charge in [-0.2, -0.15) is 0 Å². The van der Waals surface area contributed by atoms with Gasteiger partial charge in [0.05, 0.1) is 11.9 Å². The van der Waals surface area contributed by atoms with Gasteiger partial charge in [0.2, 0.25) is 28.6 Å². The lowest BCUT2D eigenvalue weighted by atomic mass is 10.0. The minimum Gasteiger partial charge on any atom is -0.454 e. The third kappa shape index (κ3) is 6.76. The van der Waals surface area contributed by atoms with E-state index in [2.05, 4.69) is 5.32 Å². The number of hydrogen-bond donors (Lipinski definition) is 1. The maximum Gasteiger partial charge on any atom is 0.244 e. The number of carbonyl (C=O) groups is 2. The molecule has 3 aromatic carbocycles. The van der Waals surface area contributed by atoms with Gasteiger partial charge in [-0.1, -0.05) is 59.6 Å². The van der Waals surface area contributed by atoms with Crippen molar-refractivity contribution in [1.29, 1.82) is 0 Å². The van der Waals surface area contributed by atoms with Gasteiger partial charge in [-0.05, 0) is 29.8 Å². The number of rotatable bonds is 10. The molecule has 2 amide bonds. The van der Waals surface area contributed by atoms with Crippen LogP contribution in [0.4, 0.5) is 5.69 Å². The Bertz CT molecular complexity index is 1450. The van der Waals surface area contributed by atoms with E-state index in [9.17, 15) is 18.0 Å². The van der Waals surface area contributed by atoms with Crippen LogP contribution < -0.4 is 19.1 Å². The molecule has 0 aromatic heterocycles. The summed E-state index contributed by atoms with van der Waals surface area (Å²) in [5.41, 5.74) is 1.46. The van der Waals surface area contributed by atoms with E-state index in [1.807, 2.05) is 30.3 Å². The number of ether oxygens (including phenoxy) is 2. The highest BCUT2D eigenvalue weighted by Crippen LogP contribution is 2.36. The number of fused-ring (bicyclic) bond motifs is 1. The lowest BCUT2D eigenvalue weighted by Crippen LogP contribution is -2.53. The van der Waals surface area contributed by atoms with E-state index in [4.69, 9.17) is 32.7 Å². The Hall–Kier alpha value is -3.47. The Morgan fingerprint density at radius 3 is 2.28 bits per heavy atom. The Kier molecular flexibility index (Phi) is 8.89. The standard InChI is InChI=1S/C27H27Cl2N3O6S/c1-30-27(34)23(13-18-7-4-3-5-8-18)31(15-20-21(28)9-6-10-22(20)29)26(33)16-32(39(2,35)36)19-11-12-24-25(14-19)38-17-37-24/h3-12,14,23H,13,15-17H2,1-2H3,(H,30,34). The smallest absolute Gasteiger partial charge is 0.244 e.